The van der Waals surface area contributed by atoms with Gasteiger partial charge >= 0.3 is 17.9 Å². The van der Waals surface area contributed by atoms with E-state index in [1.165, 1.54) is 13.8 Å². The molecular weight excluding hydrogens is 476 g/mol. The van der Waals surface area contributed by atoms with Crippen molar-refractivity contribution in [2.75, 3.05) is 0 Å². The zero-order valence-electron chi connectivity index (χ0n) is 21.6. The van der Waals surface area contributed by atoms with Gasteiger partial charge in [0.05, 0.1) is 11.7 Å². The summed E-state index contributed by atoms with van der Waals surface area (Å²) in [4.78, 5) is 37.8. The number of carbonyl (C=O) groups excluding carboxylic acids is 3. The first-order chi connectivity index (χ1) is 17.4. The number of carbonyl (C=O) groups is 3. The second-order valence-electron chi connectivity index (χ2n) is 10.2. The Balaban J connectivity index is 2.02. The first kappa shape index (κ1) is 26.6. The van der Waals surface area contributed by atoms with Crippen LogP contribution in [0.5, 0.6) is 0 Å². The smallest absolute Gasteiger partial charge is 0.338 e. The number of aliphatic hydroxyl groups excluding tert-OH is 1. The minimum atomic E-state index is -1.82. The van der Waals surface area contributed by atoms with E-state index in [4.69, 9.17) is 14.2 Å². The summed E-state index contributed by atoms with van der Waals surface area (Å²) >= 11 is 0. The molecule has 4 rings (SSSR count). The van der Waals surface area contributed by atoms with Crippen LogP contribution in [-0.2, 0) is 23.8 Å². The number of fused-ring (bicyclic) bond motifs is 3. The van der Waals surface area contributed by atoms with Gasteiger partial charge in [0.25, 0.3) is 0 Å². The number of ether oxygens (including phenoxy) is 3. The molecule has 0 fully saturated rings. The molecule has 8 heteroatoms. The van der Waals surface area contributed by atoms with Gasteiger partial charge in [0.2, 0.25) is 0 Å². The summed E-state index contributed by atoms with van der Waals surface area (Å²) in [6, 6.07) is 15.2. The standard InChI is InChI=1S/C29H32O8/c1-16-22(32)15-29(34)26(37-27(33)19-11-7-6-8-12-19)21-14-10-9-13-20(21)24(35-17(2)30)25(36-18(3)31)23(16)28(29,4)5/h6-14,22,24-26,32,34H,15H2,1-5H3/t22-,24+,25+,26-,29+/m0/s1. The largest absolute Gasteiger partial charge is 0.454 e. The van der Waals surface area contributed by atoms with Crippen LogP contribution in [0.25, 0.3) is 0 Å². The van der Waals surface area contributed by atoms with E-state index in [0.29, 0.717) is 27.8 Å². The van der Waals surface area contributed by atoms with Gasteiger partial charge in [0.1, 0.15) is 5.60 Å². The zero-order valence-corrected chi connectivity index (χ0v) is 21.6. The van der Waals surface area contributed by atoms with E-state index in [2.05, 4.69) is 0 Å². The van der Waals surface area contributed by atoms with Gasteiger partial charge < -0.3 is 24.4 Å². The molecule has 2 aromatic carbocycles. The summed E-state index contributed by atoms with van der Waals surface area (Å²) in [6.07, 6.45) is -4.77. The third-order valence-electron chi connectivity index (χ3n) is 7.58. The molecule has 0 saturated heterocycles. The quantitative estimate of drug-likeness (QED) is 0.362. The third-order valence-corrected chi connectivity index (χ3v) is 7.58. The van der Waals surface area contributed by atoms with E-state index in [-0.39, 0.29) is 6.42 Å². The van der Waals surface area contributed by atoms with Gasteiger partial charge in [-0.2, -0.15) is 0 Å². The van der Waals surface area contributed by atoms with Crippen molar-refractivity contribution in [2.45, 2.75) is 71.1 Å². The average molecular weight is 509 g/mol. The van der Waals surface area contributed by atoms with Crippen molar-refractivity contribution in [1.82, 2.24) is 0 Å². The van der Waals surface area contributed by atoms with Gasteiger partial charge in [-0.3, -0.25) is 9.59 Å². The summed E-state index contributed by atoms with van der Waals surface area (Å²) < 4.78 is 17.6. The molecule has 37 heavy (non-hydrogen) atoms. The lowest BCUT2D eigenvalue weighted by Gasteiger charge is -2.56. The SMILES string of the molecule is CC(=O)O[C@@H]1C2=C(C)[C@@H](O)C[C@@](O)([C@@H](OC(=O)c3ccccc3)c3ccccc3[C@H]1OC(C)=O)C2(C)C. The molecule has 196 valence electrons. The van der Waals surface area contributed by atoms with Crippen LogP contribution in [0.1, 0.15) is 74.7 Å². The summed E-state index contributed by atoms with van der Waals surface area (Å²) in [7, 11) is 0. The Morgan fingerprint density at radius 1 is 0.838 bits per heavy atom. The summed E-state index contributed by atoms with van der Waals surface area (Å²) in [5.74, 6) is -1.89. The van der Waals surface area contributed by atoms with Crippen LogP contribution < -0.4 is 0 Å². The molecule has 0 saturated carbocycles. The fraction of sp³-hybridized carbons (Fsp3) is 0.414. The number of hydrogen-bond acceptors (Lipinski definition) is 8. The van der Waals surface area contributed by atoms with Gasteiger partial charge in [-0.05, 0) is 30.2 Å². The number of hydrogen-bond donors (Lipinski definition) is 2. The molecular formula is C29H32O8. The molecule has 2 aliphatic rings. The van der Waals surface area contributed by atoms with Crippen LogP contribution >= 0.6 is 0 Å². The van der Waals surface area contributed by atoms with Crippen molar-refractivity contribution in [2.24, 2.45) is 5.41 Å². The Hall–Kier alpha value is -3.49. The average Bonchev–Trinajstić information content (AvgIpc) is 2.84. The first-order valence-electron chi connectivity index (χ1n) is 12.2. The molecule has 2 aromatic rings. The highest BCUT2D eigenvalue weighted by atomic mass is 16.6. The van der Waals surface area contributed by atoms with E-state index >= 15 is 0 Å². The Morgan fingerprint density at radius 2 is 1.38 bits per heavy atom. The normalized spacial score (nSPS) is 28.3. The summed E-state index contributed by atoms with van der Waals surface area (Å²) in [5, 5.41) is 23.6. The van der Waals surface area contributed by atoms with Crippen molar-refractivity contribution in [1.29, 1.82) is 0 Å². The fourth-order valence-electron chi connectivity index (χ4n) is 5.72. The molecule has 2 aliphatic carbocycles. The summed E-state index contributed by atoms with van der Waals surface area (Å²) in [6.45, 7) is 7.68. The maximum absolute atomic E-state index is 13.3. The lowest BCUT2D eigenvalue weighted by molar-refractivity contribution is -0.186. The molecule has 2 N–H and O–H groups in total. The highest BCUT2D eigenvalue weighted by Crippen LogP contribution is 2.59. The van der Waals surface area contributed by atoms with E-state index in [0.717, 1.165) is 0 Å². The van der Waals surface area contributed by atoms with Crippen molar-refractivity contribution in [3.8, 4) is 0 Å². The zero-order chi connectivity index (χ0) is 27.1. The number of rotatable bonds is 4. The Kier molecular flexibility index (Phi) is 7.01. The van der Waals surface area contributed by atoms with Crippen LogP contribution in [0, 0.1) is 5.41 Å². The van der Waals surface area contributed by atoms with Crippen molar-refractivity contribution in [3.05, 3.63) is 82.4 Å². The minimum absolute atomic E-state index is 0.137. The molecule has 2 bridgehead atoms. The summed E-state index contributed by atoms with van der Waals surface area (Å²) in [5.41, 5.74) is -1.01. The van der Waals surface area contributed by atoms with Crippen molar-refractivity contribution < 1.29 is 38.8 Å². The molecule has 0 heterocycles. The van der Waals surface area contributed by atoms with Crippen LogP contribution in [-0.4, -0.2) is 45.9 Å². The molecule has 5 atom stereocenters. The molecule has 0 aromatic heterocycles. The Bertz CT molecular complexity index is 1250. The minimum Gasteiger partial charge on any atom is -0.454 e. The van der Waals surface area contributed by atoms with Crippen molar-refractivity contribution in [3.63, 3.8) is 0 Å². The maximum atomic E-state index is 13.3. The van der Waals surface area contributed by atoms with Crippen molar-refractivity contribution >= 4 is 17.9 Å². The van der Waals surface area contributed by atoms with E-state index in [1.807, 2.05) is 0 Å². The number of esters is 3. The van der Waals surface area contributed by atoms with Gasteiger partial charge in [-0.25, -0.2) is 4.79 Å². The first-order valence-corrected chi connectivity index (χ1v) is 12.2. The van der Waals surface area contributed by atoms with Gasteiger partial charge in [0, 0.05) is 36.8 Å². The molecule has 8 nitrogen and oxygen atoms in total. The van der Waals surface area contributed by atoms with Gasteiger partial charge in [-0.15, -0.1) is 0 Å². The third kappa shape index (κ3) is 4.55. The highest BCUT2D eigenvalue weighted by molar-refractivity contribution is 5.89. The monoisotopic (exact) mass is 508 g/mol. The second kappa shape index (κ2) is 9.76. The second-order valence-corrected chi connectivity index (χ2v) is 10.2. The van der Waals surface area contributed by atoms with Crippen LogP contribution in [0.4, 0.5) is 0 Å². The maximum Gasteiger partial charge on any atom is 0.338 e. The highest BCUT2D eigenvalue weighted by Gasteiger charge is 2.62. The molecule has 0 unspecified atom stereocenters. The Labute approximate surface area is 215 Å². The fourth-order valence-corrected chi connectivity index (χ4v) is 5.72. The van der Waals surface area contributed by atoms with Crippen LogP contribution in [0.2, 0.25) is 0 Å². The molecule has 0 spiro atoms. The molecule has 0 amide bonds. The molecule has 0 radical (unpaired) electrons. The predicted octanol–water partition coefficient (Wildman–Crippen LogP) is 3.97. The Morgan fingerprint density at radius 3 is 1.97 bits per heavy atom. The molecule has 0 aliphatic heterocycles. The van der Waals surface area contributed by atoms with Crippen LogP contribution in [0.15, 0.2) is 65.7 Å². The number of aliphatic hydroxyl groups is 2. The van der Waals surface area contributed by atoms with Gasteiger partial charge in [-0.1, -0.05) is 56.3 Å². The topological polar surface area (TPSA) is 119 Å². The van der Waals surface area contributed by atoms with E-state index in [9.17, 15) is 24.6 Å². The number of benzene rings is 2. The lowest BCUT2D eigenvalue weighted by Crippen LogP contribution is -2.60. The van der Waals surface area contributed by atoms with E-state index in [1.54, 1.807) is 75.4 Å². The van der Waals surface area contributed by atoms with Gasteiger partial charge in [0.15, 0.2) is 18.3 Å². The predicted molar refractivity (Wildman–Crippen MR) is 133 cm³/mol. The lowest BCUT2D eigenvalue weighted by atomic mass is 9.55. The van der Waals surface area contributed by atoms with Crippen LogP contribution in [0.3, 0.4) is 0 Å². The van der Waals surface area contributed by atoms with E-state index < -0.39 is 53.3 Å².